The van der Waals surface area contributed by atoms with Crippen LogP contribution in [0.25, 0.3) is 44.8 Å². The Balaban J connectivity index is 1.10. The number of ether oxygens (including phenoxy) is 1. The van der Waals surface area contributed by atoms with Gasteiger partial charge in [0.25, 0.3) is 11.8 Å². The van der Waals surface area contributed by atoms with E-state index >= 15 is 4.39 Å². The number of carbonyl (C=O) groups is 2. The molecule has 2 bridgehead atoms. The number of nitrogens with two attached hydrogens (primary N) is 1. The Labute approximate surface area is 288 Å². The lowest BCUT2D eigenvalue weighted by Crippen LogP contribution is -2.44. The van der Waals surface area contributed by atoms with Crippen molar-refractivity contribution in [2.75, 3.05) is 25.1 Å². The van der Waals surface area contributed by atoms with Crippen molar-refractivity contribution in [2.24, 2.45) is 24.6 Å². The summed E-state index contributed by atoms with van der Waals surface area (Å²) in [6, 6.07) is 14.5. The summed E-state index contributed by atoms with van der Waals surface area (Å²) in [5.41, 5.74) is 11.5. The van der Waals surface area contributed by atoms with Crippen LogP contribution in [0.3, 0.4) is 0 Å². The second-order valence-electron chi connectivity index (χ2n) is 14.5. The van der Waals surface area contributed by atoms with E-state index in [9.17, 15) is 14.7 Å². The van der Waals surface area contributed by atoms with Gasteiger partial charge in [-0.2, -0.15) is 0 Å². The van der Waals surface area contributed by atoms with E-state index in [2.05, 4.69) is 10.6 Å². The third-order valence-corrected chi connectivity index (χ3v) is 11.4. The molecule has 5 heterocycles. The molecule has 4 fully saturated rings. The zero-order valence-electron chi connectivity index (χ0n) is 28.2. The first-order valence-electron chi connectivity index (χ1n) is 17.6. The Kier molecular flexibility index (Phi) is 7.25. The number of amides is 2. The molecule has 2 aliphatic carbocycles. The zero-order chi connectivity index (χ0) is 34.4. The molecule has 11 nitrogen and oxygen atoms in total. The number of methoxy groups -OCH3 is 1. The van der Waals surface area contributed by atoms with Gasteiger partial charge in [-0.15, -0.1) is 0 Å². The maximum Gasteiger partial charge on any atom is 0.255 e. The molecule has 50 heavy (non-hydrogen) atoms. The van der Waals surface area contributed by atoms with Crippen molar-refractivity contribution in [1.29, 1.82) is 0 Å². The number of carbonyl (C=O) groups excluding carboxylic acids is 2. The number of hydrogen-bond donors (Lipinski definition) is 2. The molecule has 0 spiro atoms. The number of likely N-dealkylation sites (tertiary alicyclic amines) is 1. The van der Waals surface area contributed by atoms with Gasteiger partial charge in [0.1, 0.15) is 28.8 Å². The van der Waals surface area contributed by atoms with Crippen molar-refractivity contribution < 1.29 is 23.8 Å². The highest BCUT2D eigenvalue weighted by molar-refractivity contribution is 6.01. The minimum Gasteiger partial charge on any atom is -0.494 e. The number of aromatic nitrogens is 4. The number of aliphatic hydroxyl groups excluding tert-OH is 1. The van der Waals surface area contributed by atoms with Gasteiger partial charge >= 0.3 is 0 Å². The maximum atomic E-state index is 15.5. The second-order valence-corrected chi connectivity index (χ2v) is 14.5. The lowest BCUT2D eigenvalue weighted by Gasteiger charge is -2.30. The van der Waals surface area contributed by atoms with Crippen molar-refractivity contribution in [3.63, 3.8) is 0 Å². The standard InChI is InChI=1S/C38H40FN7O4/c1-43-34-27(15-24(17-32(34)50-2)37(48)46-19-23-9-12-29(46)33(23)40)42-36(43)30-16-22-7-10-26(41-35(22)45(30)18-20-5-6-20)21-8-11-28(25(39)14-21)44-13-3-4-31(47)38(44)49/h7-8,10-11,14-17,20,23,29,31,33,47H,3-6,9,12-13,18-19,40H2,1-2H3. The molecular formula is C38H40FN7O4. The Morgan fingerprint density at radius 2 is 1.90 bits per heavy atom. The van der Waals surface area contributed by atoms with Crippen molar-refractivity contribution in [3.05, 3.63) is 59.9 Å². The van der Waals surface area contributed by atoms with Gasteiger partial charge < -0.3 is 34.5 Å². The molecule has 3 aromatic heterocycles. The van der Waals surface area contributed by atoms with Crippen LogP contribution in [0.2, 0.25) is 0 Å². The molecule has 5 aromatic rings. The number of piperidine rings is 2. The number of aliphatic hydroxyl groups is 1. The molecule has 0 radical (unpaired) electrons. The zero-order valence-corrected chi connectivity index (χ0v) is 28.2. The van der Waals surface area contributed by atoms with Crippen molar-refractivity contribution in [2.45, 2.75) is 63.3 Å². The SMILES string of the molecule is COc1cc(C(=O)N2CC3CCC2C3N)cc2nc(-c3cc4ccc(-c5ccc(N6CCCC(O)C6=O)c(F)c5)nc4n3CC3CC3)n(C)c12. The normalized spacial score (nSPS) is 23.5. The van der Waals surface area contributed by atoms with Crippen LogP contribution in [0.1, 0.15) is 48.9 Å². The van der Waals surface area contributed by atoms with Gasteiger partial charge in [0, 0.05) is 55.3 Å². The summed E-state index contributed by atoms with van der Waals surface area (Å²) in [7, 11) is 3.57. The van der Waals surface area contributed by atoms with Crippen LogP contribution in [0.4, 0.5) is 10.1 Å². The average Bonchev–Trinajstić information content (AvgIpc) is 3.52. The molecule has 2 saturated carbocycles. The highest BCUT2D eigenvalue weighted by atomic mass is 19.1. The molecular weight excluding hydrogens is 637 g/mol. The quantitative estimate of drug-likeness (QED) is 0.252. The molecule has 2 aromatic carbocycles. The predicted molar refractivity (Wildman–Crippen MR) is 187 cm³/mol. The second kappa shape index (κ2) is 11.6. The summed E-state index contributed by atoms with van der Waals surface area (Å²) < 4.78 is 25.6. The third-order valence-electron chi connectivity index (χ3n) is 11.4. The topological polar surface area (TPSA) is 132 Å². The molecule has 4 aliphatic rings. The van der Waals surface area contributed by atoms with E-state index in [0.29, 0.717) is 65.9 Å². The van der Waals surface area contributed by atoms with Gasteiger partial charge in [-0.25, -0.2) is 14.4 Å². The van der Waals surface area contributed by atoms with Crippen molar-refractivity contribution in [3.8, 4) is 28.5 Å². The Morgan fingerprint density at radius 1 is 1.06 bits per heavy atom. The lowest BCUT2D eigenvalue weighted by molar-refractivity contribution is -0.128. The minimum absolute atomic E-state index is 0.0344. The van der Waals surface area contributed by atoms with Crippen molar-refractivity contribution >= 4 is 39.6 Å². The highest BCUT2D eigenvalue weighted by Crippen LogP contribution is 2.40. The van der Waals surface area contributed by atoms with Gasteiger partial charge in [0.2, 0.25) is 0 Å². The summed E-state index contributed by atoms with van der Waals surface area (Å²) in [4.78, 5) is 39.7. The Bertz CT molecular complexity index is 2210. The third kappa shape index (κ3) is 4.91. The number of aryl methyl sites for hydroxylation is 1. The Hall–Kier alpha value is -4.81. The van der Waals surface area contributed by atoms with Gasteiger partial charge in [0.05, 0.1) is 29.7 Å². The van der Waals surface area contributed by atoms with E-state index in [1.165, 1.54) is 11.0 Å². The first-order chi connectivity index (χ1) is 24.2. The van der Waals surface area contributed by atoms with Gasteiger partial charge in [-0.05, 0) is 92.8 Å². The molecule has 12 heteroatoms. The summed E-state index contributed by atoms with van der Waals surface area (Å²) in [5.74, 6) is 1.15. The van der Waals surface area contributed by atoms with E-state index < -0.39 is 17.8 Å². The van der Waals surface area contributed by atoms with Crippen LogP contribution in [0.15, 0.2) is 48.5 Å². The lowest BCUT2D eigenvalue weighted by atomic mass is 10.0. The van der Waals surface area contributed by atoms with Crippen molar-refractivity contribution in [1.82, 2.24) is 24.0 Å². The molecule has 9 rings (SSSR count). The van der Waals surface area contributed by atoms with Crippen LogP contribution >= 0.6 is 0 Å². The monoisotopic (exact) mass is 677 g/mol. The van der Waals surface area contributed by atoms with E-state index in [1.807, 2.05) is 40.8 Å². The van der Waals surface area contributed by atoms with Crippen LogP contribution in [0.5, 0.6) is 5.75 Å². The van der Waals surface area contributed by atoms with Crippen LogP contribution in [0, 0.1) is 17.7 Å². The smallest absolute Gasteiger partial charge is 0.255 e. The number of benzene rings is 2. The van der Waals surface area contributed by atoms with Crippen LogP contribution in [-0.4, -0.2) is 79.3 Å². The summed E-state index contributed by atoms with van der Waals surface area (Å²) in [6.45, 7) is 1.82. The number of pyridine rings is 1. The molecule has 2 aliphatic heterocycles. The summed E-state index contributed by atoms with van der Waals surface area (Å²) in [5, 5.41) is 11.0. The molecule has 4 atom stereocenters. The molecule has 2 saturated heterocycles. The fourth-order valence-corrected chi connectivity index (χ4v) is 8.46. The molecule has 4 unspecified atom stereocenters. The number of nitrogens with zero attached hydrogens (tertiary/aromatic N) is 6. The van der Waals surface area contributed by atoms with Crippen LogP contribution < -0.4 is 15.4 Å². The fourth-order valence-electron chi connectivity index (χ4n) is 8.46. The van der Waals surface area contributed by atoms with E-state index in [4.69, 9.17) is 20.4 Å². The predicted octanol–water partition coefficient (Wildman–Crippen LogP) is 4.86. The number of halogens is 1. The number of imidazole rings is 1. The summed E-state index contributed by atoms with van der Waals surface area (Å²) >= 11 is 0. The number of anilines is 1. The first kappa shape index (κ1) is 31.2. The first-order valence-corrected chi connectivity index (χ1v) is 17.6. The van der Waals surface area contributed by atoms with E-state index in [0.717, 1.165) is 60.3 Å². The van der Waals surface area contributed by atoms with Gasteiger partial charge in [0.15, 0.2) is 5.82 Å². The number of fused-ring (bicyclic) bond motifs is 4. The Morgan fingerprint density at radius 3 is 2.62 bits per heavy atom. The number of hydrogen-bond acceptors (Lipinski definition) is 7. The molecule has 258 valence electrons. The van der Waals surface area contributed by atoms with Gasteiger partial charge in [-0.3, -0.25) is 9.59 Å². The molecule has 2 amide bonds. The maximum absolute atomic E-state index is 15.5. The van der Waals surface area contributed by atoms with Gasteiger partial charge in [-0.1, -0.05) is 6.07 Å². The van der Waals surface area contributed by atoms with E-state index in [1.54, 1.807) is 19.2 Å². The van der Waals surface area contributed by atoms with Crippen LogP contribution in [-0.2, 0) is 18.4 Å². The fraction of sp³-hybridized carbons (Fsp3) is 0.421. The largest absolute Gasteiger partial charge is 0.494 e. The van der Waals surface area contributed by atoms with E-state index in [-0.39, 0.29) is 23.7 Å². The highest BCUT2D eigenvalue weighted by Gasteiger charge is 2.47. The average molecular weight is 678 g/mol. The molecule has 3 N–H and O–H groups in total. The number of rotatable bonds is 7. The minimum atomic E-state index is -1.10. The summed E-state index contributed by atoms with van der Waals surface area (Å²) in [6.07, 6.45) is 4.18.